The summed E-state index contributed by atoms with van der Waals surface area (Å²) in [6.07, 6.45) is 0. The summed E-state index contributed by atoms with van der Waals surface area (Å²) in [5, 5.41) is 4.44. The Hall–Kier alpha value is -3.29. The number of nitrogens with zero attached hydrogens (tertiary/aromatic N) is 1. The molecule has 0 unspecified atom stereocenters. The van der Waals surface area contributed by atoms with E-state index in [1.54, 1.807) is 0 Å². The van der Waals surface area contributed by atoms with Crippen LogP contribution in [0.15, 0.2) is 42.5 Å². The van der Waals surface area contributed by atoms with Gasteiger partial charge < -0.3 is 10.3 Å². The van der Waals surface area contributed by atoms with Crippen LogP contribution in [-0.2, 0) is 0 Å². The monoisotopic (exact) mass is 316 g/mol. The van der Waals surface area contributed by atoms with Crippen molar-refractivity contribution in [3.63, 3.8) is 0 Å². The van der Waals surface area contributed by atoms with Gasteiger partial charge in [-0.3, -0.25) is 10.1 Å². The molecule has 1 aromatic heterocycles. The van der Waals surface area contributed by atoms with Gasteiger partial charge in [-0.1, -0.05) is 0 Å². The van der Waals surface area contributed by atoms with E-state index in [-0.39, 0.29) is 5.82 Å². The number of nitrogens with one attached hydrogen (secondary N) is 3. The standard InChI is InChI=1S/C15H10F2N4O2/c16-8-1-4-10(5-2-8)18-15(23)21-14(22)13-19-11-6-3-9(17)7-12(11)20-13/h1-7H,(H,19,20)(H2,18,21,22,23). The maximum absolute atomic E-state index is 13.1. The maximum Gasteiger partial charge on any atom is 0.326 e. The second-order valence-electron chi connectivity index (χ2n) is 4.66. The number of rotatable bonds is 2. The van der Waals surface area contributed by atoms with Gasteiger partial charge in [0.05, 0.1) is 11.0 Å². The van der Waals surface area contributed by atoms with Crippen molar-refractivity contribution < 1.29 is 18.4 Å². The molecule has 0 saturated carbocycles. The van der Waals surface area contributed by atoms with Crippen molar-refractivity contribution in [1.82, 2.24) is 15.3 Å². The van der Waals surface area contributed by atoms with E-state index in [0.29, 0.717) is 16.7 Å². The van der Waals surface area contributed by atoms with Gasteiger partial charge in [0.15, 0.2) is 5.82 Å². The van der Waals surface area contributed by atoms with Gasteiger partial charge in [0.25, 0.3) is 5.91 Å². The molecule has 0 atom stereocenters. The number of imidazole rings is 1. The average molecular weight is 316 g/mol. The van der Waals surface area contributed by atoms with E-state index < -0.39 is 23.6 Å². The summed E-state index contributed by atoms with van der Waals surface area (Å²) in [4.78, 5) is 30.2. The van der Waals surface area contributed by atoms with Crippen molar-refractivity contribution in [2.75, 3.05) is 5.32 Å². The number of fused-ring (bicyclic) bond motifs is 1. The number of urea groups is 1. The normalized spacial score (nSPS) is 10.5. The van der Waals surface area contributed by atoms with E-state index in [9.17, 15) is 18.4 Å². The zero-order valence-corrected chi connectivity index (χ0v) is 11.6. The first-order valence-corrected chi connectivity index (χ1v) is 6.54. The molecule has 23 heavy (non-hydrogen) atoms. The number of hydrogen-bond acceptors (Lipinski definition) is 3. The summed E-state index contributed by atoms with van der Waals surface area (Å²) in [7, 11) is 0. The van der Waals surface area contributed by atoms with Crippen LogP contribution in [-0.4, -0.2) is 21.9 Å². The lowest BCUT2D eigenvalue weighted by atomic mass is 10.3. The smallest absolute Gasteiger partial charge is 0.326 e. The van der Waals surface area contributed by atoms with Gasteiger partial charge >= 0.3 is 6.03 Å². The minimum Gasteiger partial charge on any atom is -0.334 e. The van der Waals surface area contributed by atoms with Crippen molar-refractivity contribution in [3.05, 3.63) is 59.9 Å². The summed E-state index contributed by atoms with van der Waals surface area (Å²) in [5.74, 6) is -1.82. The minimum atomic E-state index is -0.798. The molecule has 8 heteroatoms. The van der Waals surface area contributed by atoms with Crippen molar-refractivity contribution in [3.8, 4) is 0 Å². The Kier molecular flexibility index (Phi) is 3.71. The number of carbonyl (C=O) groups is 2. The summed E-state index contributed by atoms with van der Waals surface area (Å²) in [6, 6.07) is 8.07. The topological polar surface area (TPSA) is 86.9 Å². The summed E-state index contributed by atoms with van der Waals surface area (Å²) in [6.45, 7) is 0. The Balaban J connectivity index is 1.69. The Morgan fingerprint density at radius 1 is 1.00 bits per heavy atom. The molecule has 1 heterocycles. The second-order valence-corrected chi connectivity index (χ2v) is 4.66. The highest BCUT2D eigenvalue weighted by Crippen LogP contribution is 2.13. The van der Waals surface area contributed by atoms with E-state index in [4.69, 9.17) is 0 Å². The Morgan fingerprint density at radius 3 is 2.43 bits per heavy atom. The van der Waals surface area contributed by atoms with E-state index in [1.807, 2.05) is 0 Å². The predicted molar refractivity (Wildman–Crippen MR) is 78.9 cm³/mol. The number of benzene rings is 2. The number of carbonyl (C=O) groups excluding carboxylic acids is 2. The fourth-order valence-corrected chi connectivity index (χ4v) is 1.95. The van der Waals surface area contributed by atoms with Crippen LogP contribution in [0, 0.1) is 11.6 Å². The average Bonchev–Trinajstić information content (AvgIpc) is 2.92. The fraction of sp³-hybridized carbons (Fsp3) is 0. The van der Waals surface area contributed by atoms with Crippen LogP contribution >= 0.6 is 0 Å². The van der Waals surface area contributed by atoms with Crippen LogP contribution in [0.25, 0.3) is 11.0 Å². The second kappa shape index (κ2) is 5.84. The van der Waals surface area contributed by atoms with E-state index >= 15 is 0 Å². The zero-order valence-electron chi connectivity index (χ0n) is 11.6. The molecule has 3 N–H and O–H groups in total. The number of halogens is 2. The molecule has 116 valence electrons. The highest BCUT2D eigenvalue weighted by atomic mass is 19.1. The molecular formula is C15H10F2N4O2. The molecule has 3 rings (SSSR count). The first kappa shape index (κ1) is 14.6. The Morgan fingerprint density at radius 2 is 1.70 bits per heavy atom. The van der Waals surface area contributed by atoms with Crippen molar-refractivity contribution in [2.24, 2.45) is 0 Å². The van der Waals surface area contributed by atoms with Gasteiger partial charge in [0, 0.05) is 5.69 Å². The molecule has 0 aliphatic rings. The van der Waals surface area contributed by atoms with Gasteiger partial charge in [0.1, 0.15) is 11.6 Å². The van der Waals surface area contributed by atoms with Gasteiger partial charge in [-0.05, 0) is 42.5 Å². The lowest BCUT2D eigenvalue weighted by Crippen LogP contribution is -2.34. The summed E-state index contributed by atoms with van der Waals surface area (Å²) >= 11 is 0. The maximum atomic E-state index is 13.1. The first-order chi connectivity index (χ1) is 11.0. The van der Waals surface area contributed by atoms with Crippen LogP contribution in [0.1, 0.15) is 10.6 Å². The zero-order chi connectivity index (χ0) is 16.4. The molecule has 0 fully saturated rings. The third kappa shape index (κ3) is 3.31. The largest absolute Gasteiger partial charge is 0.334 e. The van der Waals surface area contributed by atoms with Crippen LogP contribution < -0.4 is 10.6 Å². The molecule has 6 nitrogen and oxygen atoms in total. The van der Waals surface area contributed by atoms with Crippen molar-refractivity contribution in [1.29, 1.82) is 0 Å². The molecule has 0 bridgehead atoms. The first-order valence-electron chi connectivity index (χ1n) is 6.54. The van der Waals surface area contributed by atoms with Crippen molar-refractivity contribution in [2.45, 2.75) is 0 Å². The molecule has 3 aromatic rings. The highest BCUT2D eigenvalue weighted by Gasteiger charge is 2.15. The number of aromatic amines is 1. The quantitative estimate of drug-likeness (QED) is 0.679. The van der Waals surface area contributed by atoms with Gasteiger partial charge in [-0.25, -0.2) is 18.6 Å². The molecule has 0 aliphatic carbocycles. The van der Waals surface area contributed by atoms with Crippen LogP contribution in [0.2, 0.25) is 0 Å². The number of amides is 3. The number of anilines is 1. The third-order valence-electron chi connectivity index (χ3n) is 2.99. The number of H-pyrrole nitrogens is 1. The molecule has 3 amide bonds. The van der Waals surface area contributed by atoms with E-state index in [0.717, 1.165) is 0 Å². The molecule has 0 spiro atoms. The van der Waals surface area contributed by atoms with Crippen LogP contribution in [0.5, 0.6) is 0 Å². The van der Waals surface area contributed by atoms with E-state index in [1.165, 1.54) is 42.5 Å². The number of hydrogen-bond donors (Lipinski definition) is 3. The molecule has 0 saturated heterocycles. The van der Waals surface area contributed by atoms with E-state index in [2.05, 4.69) is 20.6 Å². The predicted octanol–water partition coefficient (Wildman–Crippen LogP) is 2.80. The van der Waals surface area contributed by atoms with Crippen molar-refractivity contribution >= 4 is 28.7 Å². The van der Waals surface area contributed by atoms with Gasteiger partial charge in [0.2, 0.25) is 0 Å². The number of imide groups is 1. The fourth-order valence-electron chi connectivity index (χ4n) is 1.95. The lowest BCUT2D eigenvalue weighted by molar-refractivity contribution is 0.0958. The van der Waals surface area contributed by atoms with Crippen LogP contribution in [0.3, 0.4) is 0 Å². The third-order valence-corrected chi connectivity index (χ3v) is 2.99. The number of aromatic nitrogens is 2. The Labute approximate surface area is 128 Å². The van der Waals surface area contributed by atoms with Gasteiger partial charge in [-0.15, -0.1) is 0 Å². The summed E-state index contributed by atoms with van der Waals surface area (Å²) < 4.78 is 25.9. The van der Waals surface area contributed by atoms with Gasteiger partial charge in [-0.2, -0.15) is 0 Å². The Bertz CT molecular complexity index is 890. The summed E-state index contributed by atoms with van der Waals surface area (Å²) in [5.41, 5.74) is 1.06. The van der Waals surface area contributed by atoms with Crippen LogP contribution in [0.4, 0.5) is 19.3 Å². The molecular weight excluding hydrogens is 306 g/mol. The molecule has 0 radical (unpaired) electrons. The SMILES string of the molecule is O=C(NC(=O)c1nc2ccc(F)cc2[nH]1)Nc1ccc(F)cc1. The highest BCUT2D eigenvalue weighted by molar-refractivity contribution is 6.07. The molecule has 0 aliphatic heterocycles. The minimum absolute atomic E-state index is 0.125. The lowest BCUT2D eigenvalue weighted by Gasteiger charge is -2.05. The molecule has 2 aromatic carbocycles.